The molecule has 0 saturated carbocycles. The van der Waals surface area contributed by atoms with E-state index in [1.54, 1.807) is 12.1 Å². The maximum atomic E-state index is 12.1. The van der Waals surface area contributed by atoms with Crippen LogP contribution in [0.25, 0.3) is 0 Å². The first-order valence-electron chi connectivity index (χ1n) is 7.23. The summed E-state index contributed by atoms with van der Waals surface area (Å²) in [5.41, 5.74) is 6.34. The minimum absolute atomic E-state index is 0.214. The maximum Gasteiger partial charge on any atom is 0.252 e. The van der Waals surface area contributed by atoms with Crippen molar-refractivity contribution in [3.8, 4) is 0 Å². The quantitative estimate of drug-likeness (QED) is 0.835. The van der Waals surface area contributed by atoms with Crippen LogP contribution in [-0.4, -0.2) is 37.0 Å². The number of nitrogens with zero attached hydrogens (tertiary/aromatic N) is 1. The van der Waals surface area contributed by atoms with Gasteiger partial charge in [0, 0.05) is 19.6 Å². The Bertz CT molecular complexity index is 522. The molecule has 4 nitrogen and oxygen atoms in total. The fourth-order valence-corrected chi connectivity index (χ4v) is 3.11. The number of hydrogen-bond acceptors (Lipinski definition) is 3. The second kappa shape index (κ2) is 7.34. The molecule has 0 radical (unpaired) electrons. The third-order valence-electron chi connectivity index (χ3n) is 3.83. The van der Waals surface area contributed by atoms with Crippen molar-refractivity contribution in [1.82, 2.24) is 10.2 Å². The van der Waals surface area contributed by atoms with Gasteiger partial charge in [0.25, 0.3) is 5.91 Å². The first kappa shape index (κ1) is 16.4. The molecular weight excluding hydrogens is 309 g/mol. The molecule has 1 aromatic carbocycles. The van der Waals surface area contributed by atoms with Crippen LogP contribution in [0.1, 0.15) is 30.1 Å². The van der Waals surface area contributed by atoms with E-state index >= 15 is 0 Å². The molecule has 0 aliphatic carbocycles. The van der Waals surface area contributed by atoms with E-state index in [2.05, 4.69) is 17.1 Å². The summed E-state index contributed by atoms with van der Waals surface area (Å²) in [6, 6.07) is 3.18. The van der Waals surface area contributed by atoms with Crippen LogP contribution in [0.15, 0.2) is 12.1 Å². The molecule has 1 aliphatic heterocycles. The number of piperidine rings is 1. The van der Waals surface area contributed by atoms with Crippen molar-refractivity contribution in [3.63, 3.8) is 0 Å². The summed E-state index contributed by atoms with van der Waals surface area (Å²) >= 11 is 11.9. The minimum atomic E-state index is -0.214. The van der Waals surface area contributed by atoms with Gasteiger partial charge in [-0.15, -0.1) is 0 Å². The van der Waals surface area contributed by atoms with E-state index in [9.17, 15) is 4.79 Å². The van der Waals surface area contributed by atoms with Gasteiger partial charge in [0.05, 0.1) is 21.3 Å². The molecule has 116 valence electrons. The maximum absolute atomic E-state index is 12.1. The standard InChI is InChI=1S/C15H21Cl2N3O/c1-10-3-2-7-20(9-10)8-6-19-15(21)11-4-5-12(16)14(18)13(11)17/h4-5,10H,2-3,6-9,18H2,1H3,(H,19,21). The van der Waals surface area contributed by atoms with Gasteiger partial charge in [-0.3, -0.25) is 4.79 Å². The number of nitrogens with one attached hydrogen (secondary N) is 1. The fraction of sp³-hybridized carbons (Fsp3) is 0.533. The average molecular weight is 330 g/mol. The zero-order chi connectivity index (χ0) is 15.4. The van der Waals surface area contributed by atoms with E-state index in [1.807, 2.05) is 0 Å². The molecule has 0 aromatic heterocycles. The molecule has 1 heterocycles. The third kappa shape index (κ3) is 4.25. The van der Waals surface area contributed by atoms with E-state index in [4.69, 9.17) is 28.9 Å². The predicted octanol–water partition coefficient (Wildman–Crippen LogP) is 3.04. The topological polar surface area (TPSA) is 58.4 Å². The zero-order valence-corrected chi connectivity index (χ0v) is 13.7. The molecule has 1 amide bonds. The zero-order valence-electron chi connectivity index (χ0n) is 12.2. The van der Waals surface area contributed by atoms with Gasteiger partial charge in [-0.05, 0) is 37.4 Å². The first-order valence-corrected chi connectivity index (χ1v) is 7.98. The Kier molecular flexibility index (Phi) is 5.73. The largest absolute Gasteiger partial charge is 0.396 e. The molecule has 1 atom stereocenters. The number of carbonyl (C=O) groups excluding carboxylic acids is 1. The van der Waals surface area contributed by atoms with Crippen LogP contribution in [0.3, 0.4) is 0 Å². The van der Waals surface area contributed by atoms with Gasteiger partial charge in [-0.25, -0.2) is 0 Å². The SMILES string of the molecule is CC1CCCN(CCNC(=O)c2ccc(Cl)c(N)c2Cl)C1. The highest BCUT2D eigenvalue weighted by Gasteiger charge is 2.17. The predicted molar refractivity (Wildman–Crippen MR) is 88.0 cm³/mol. The van der Waals surface area contributed by atoms with E-state index in [1.165, 1.54) is 12.8 Å². The lowest BCUT2D eigenvalue weighted by molar-refractivity contribution is 0.0944. The van der Waals surface area contributed by atoms with Crippen molar-refractivity contribution in [2.24, 2.45) is 5.92 Å². The minimum Gasteiger partial charge on any atom is -0.396 e. The number of halogens is 2. The van der Waals surface area contributed by atoms with Crippen LogP contribution in [0.4, 0.5) is 5.69 Å². The van der Waals surface area contributed by atoms with E-state index in [-0.39, 0.29) is 16.6 Å². The van der Waals surface area contributed by atoms with Crippen LogP contribution in [0, 0.1) is 5.92 Å². The van der Waals surface area contributed by atoms with Crippen LogP contribution in [0.5, 0.6) is 0 Å². The van der Waals surface area contributed by atoms with Gasteiger partial charge in [0.15, 0.2) is 0 Å². The van der Waals surface area contributed by atoms with Gasteiger partial charge in [0.1, 0.15) is 0 Å². The number of benzene rings is 1. The molecule has 0 bridgehead atoms. The van der Waals surface area contributed by atoms with Crippen molar-refractivity contribution < 1.29 is 4.79 Å². The summed E-state index contributed by atoms with van der Waals surface area (Å²) in [4.78, 5) is 14.5. The van der Waals surface area contributed by atoms with E-state index < -0.39 is 0 Å². The van der Waals surface area contributed by atoms with Crippen molar-refractivity contribution in [3.05, 3.63) is 27.7 Å². The number of hydrogen-bond donors (Lipinski definition) is 2. The number of rotatable bonds is 4. The molecule has 1 aliphatic rings. The van der Waals surface area contributed by atoms with E-state index in [0.29, 0.717) is 17.1 Å². The van der Waals surface area contributed by atoms with Gasteiger partial charge >= 0.3 is 0 Å². The second-order valence-corrected chi connectivity index (χ2v) is 6.41. The van der Waals surface area contributed by atoms with Crippen molar-refractivity contribution >= 4 is 34.8 Å². The third-order valence-corrected chi connectivity index (χ3v) is 4.56. The highest BCUT2D eigenvalue weighted by Crippen LogP contribution is 2.30. The summed E-state index contributed by atoms with van der Waals surface area (Å²) < 4.78 is 0. The van der Waals surface area contributed by atoms with Crippen LogP contribution in [-0.2, 0) is 0 Å². The van der Waals surface area contributed by atoms with Crippen LogP contribution >= 0.6 is 23.2 Å². The van der Waals surface area contributed by atoms with Crippen molar-refractivity contribution in [1.29, 1.82) is 0 Å². The highest BCUT2D eigenvalue weighted by atomic mass is 35.5. The Balaban J connectivity index is 1.86. The normalized spacial score (nSPS) is 19.5. The Morgan fingerprint density at radius 1 is 1.48 bits per heavy atom. The number of nitrogen functional groups attached to an aromatic ring is 1. The molecule has 3 N–H and O–H groups in total. The summed E-state index contributed by atoms with van der Waals surface area (Å²) in [6.07, 6.45) is 2.52. The molecule has 2 rings (SSSR count). The molecule has 1 saturated heterocycles. The number of anilines is 1. The van der Waals surface area contributed by atoms with Gasteiger partial charge < -0.3 is 16.0 Å². The lowest BCUT2D eigenvalue weighted by Crippen LogP contribution is -2.40. The first-order chi connectivity index (χ1) is 9.99. The number of nitrogens with two attached hydrogens (primary N) is 1. The molecule has 0 spiro atoms. The lowest BCUT2D eigenvalue weighted by atomic mass is 10.0. The monoisotopic (exact) mass is 329 g/mol. The Morgan fingerprint density at radius 2 is 2.24 bits per heavy atom. The smallest absolute Gasteiger partial charge is 0.252 e. The van der Waals surface area contributed by atoms with Crippen LogP contribution < -0.4 is 11.1 Å². The number of carbonyl (C=O) groups is 1. The Labute approximate surface area is 135 Å². The second-order valence-electron chi connectivity index (χ2n) is 5.63. The molecule has 1 aromatic rings. The van der Waals surface area contributed by atoms with Gasteiger partial charge in [-0.1, -0.05) is 30.1 Å². The van der Waals surface area contributed by atoms with Gasteiger partial charge in [0.2, 0.25) is 0 Å². The highest BCUT2D eigenvalue weighted by molar-refractivity contribution is 6.40. The summed E-state index contributed by atoms with van der Waals surface area (Å²) in [5, 5.41) is 3.46. The van der Waals surface area contributed by atoms with Crippen LogP contribution in [0.2, 0.25) is 10.0 Å². The molecule has 21 heavy (non-hydrogen) atoms. The summed E-state index contributed by atoms with van der Waals surface area (Å²) in [7, 11) is 0. The van der Waals surface area contributed by atoms with Gasteiger partial charge in [-0.2, -0.15) is 0 Å². The molecule has 1 fully saturated rings. The Hall–Kier alpha value is -0.970. The molecule has 6 heteroatoms. The Morgan fingerprint density at radius 3 is 2.95 bits per heavy atom. The number of likely N-dealkylation sites (tertiary alicyclic amines) is 1. The average Bonchev–Trinajstić information content (AvgIpc) is 2.45. The summed E-state index contributed by atoms with van der Waals surface area (Å²) in [6.45, 7) is 5.93. The summed E-state index contributed by atoms with van der Waals surface area (Å²) in [5.74, 6) is 0.522. The van der Waals surface area contributed by atoms with E-state index in [0.717, 1.165) is 25.6 Å². The number of amides is 1. The van der Waals surface area contributed by atoms with Crippen molar-refractivity contribution in [2.45, 2.75) is 19.8 Å². The molecular formula is C15H21Cl2N3O. The van der Waals surface area contributed by atoms with Crippen molar-refractivity contribution in [2.75, 3.05) is 31.9 Å². The fourth-order valence-electron chi connectivity index (χ4n) is 2.66. The lowest BCUT2D eigenvalue weighted by Gasteiger charge is -2.30. The molecule has 1 unspecified atom stereocenters.